The molecule has 1 aliphatic heterocycles. The van der Waals surface area contributed by atoms with Crippen molar-refractivity contribution in [2.24, 2.45) is 4.99 Å². The second-order valence-electron chi connectivity index (χ2n) is 6.18. The molecule has 0 saturated carbocycles. The van der Waals surface area contributed by atoms with Gasteiger partial charge in [-0.15, -0.1) is 24.0 Å². The third kappa shape index (κ3) is 5.88. The monoisotopic (exact) mass is 483 g/mol. The van der Waals surface area contributed by atoms with E-state index >= 15 is 0 Å². The van der Waals surface area contributed by atoms with Crippen LogP contribution in [0.4, 0.5) is 11.5 Å². The number of nitrogens with zero attached hydrogens (tertiary/aromatic N) is 3. The van der Waals surface area contributed by atoms with Gasteiger partial charge in [-0.1, -0.05) is 0 Å². The summed E-state index contributed by atoms with van der Waals surface area (Å²) in [5.41, 5.74) is 2.02. The zero-order chi connectivity index (χ0) is 18.4. The second kappa shape index (κ2) is 10.2. The minimum absolute atomic E-state index is 0. The number of halogens is 1. The van der Waals surface area contributed by atoms with Gasteiger partial charge in [-0.2, -0.15) is 0 Å². The summed E-state index contributed by atoms with van der Waals surface area (Å²) < 4.78 is 11.4. The van der Waals surface area contributed by atoms with E-state index in [4.69, 9.17) is 9.47 Å². The second-order valence-corrected chi connectivity index (χ2v) is 6.18. The molecular weight excluding hydrogens is 457 g/mol. The molecule has 2 aromatic rings. The molecule has 146 valence electrons. The Hall–Kier alpha value is -2.23. The van der Waals surface area contributed by atoms with Crippen LogP contribution in [0.15, 0.2) is 41.5 Å². The smallest absolute Gasteiger partial charge is 0.195 e. The van der Waals surface area contributed by atoms with Crippen LogP contribution in [-0.2, 0) is 6.54 Å². The van der Waals surface area contributed by atoms with E-state index in [0.29, 0.717) is 25.7 Å². The van der Waals surface area contributed by atoms with Crippen molar-refractivity contribution >= 4 is 41.4 Å². The summed E-state index contributed by atoms with van der Waals surface area (Å²) in [5, 5.41) is 6.60. The van der Waals surface area contributed by atoms with Gasteiger partial charge >= 0.3 is 0 Å². The van der Waals surface area contributed by atoms with Crippen LogP contribution in [-0.4, -0.2) is 45.3 Å². The predicted octanol–water partition coefficient (Wildman–Crippen LogP) is 3.11. The zero-order valence-electron chi connectivity index (χ0n) is 15.9. The maximum atomic E-state index is 5.73. The van der Waals surface area contributed by atoms with Gasteiger partial charge in [0.25, 0.3) is 0 Å². The first kappa shape index (κ1) is 21.1. The minimum Gasteiger partial charge on any atom is -0.490 e. The van der Waals surface area contributed by atoms with Crippen molar-refractivity contribution in [1.29, 1.82) is 0 Å². The molecule has 8 heteroatoms. The summed E-state index contributed by atoms with van der Waals surface area (Å²) in [6, 6.07) is 9.85. The van der Waals surface area contributed by atoms with E-state index in [0.717, 1.165) is 35.0 Å². The number of hydrogen-bond donors (Lipinski definition) is 2. The fourth-order valence-electron chi connectivity index (χ4n) is 2.56. The lowest BCUT2D eigenvalue weighted by atomic mass is 10.2. The molecule has 0 atom stereocenters. The van der Waals surface area contributed by atoms with Crippen molar-refractivity contribution in [2.45, 2.75) is 13.0 Å². The van der Waals surface area contributed by atoms with Crippen molar-refractivity contribution in [2.75, 3.05) is 44.6 Å². The Morgan fingerprint density at radius 2 is 1.93 bits per heavy atom. The molecule has 0 radical (unpaired) electrons. The van der Waals surface area contributed by atoms with Crippen LogP contribution >= 0.6 is 24.0 Å². The number of rotatable bonds is 4. The van der Waals surface area contributed by atoms with E-state index in [-0.39, 0.29) is 24.0 Å². The number of pyridine rings is 1. The highest BCUT2D eigenvalue weighted by Crippen LogP contribution is 2.32. The molecule has 1 aliphatic rings. The van der Waals surface area contributed by atoms with E-state index in [1.807, 2.05) is 55.5 Å². The SMILES string of the molecule is CN=C(NCc1ccnc(N(C)C)c1)Nc1ccc2c(c1)OCCCO2.I. The molecule has 0 spiro atoms. The largest absolute Gasteiger partial charge is 0.490 e. The highest BCUT2D eigenvalue weighted by molar-refractivity contribution is 14.0. The summed E-state index contributed by atoms with van der Waals surface area (Å²) in [4.78, 5) is 10.6. The number of benzene rings is 1. The van der Waals surface area contributed by atoms with Gasteiger partial charge < -0.3 is 25.0 Å². The molecule has 0 bridgehead atoms. The molecule has 0 unspecified atom stereocenters. The highest BCUT2D eigenvalue weighted by atomic mass is 127. The van der Waals surface area contributed by atoms with Gasteiger partial charge in [0, 0.05) is 52.1 Å². The maximum Gasteiger partial charge on any atom is 0.195 e. The number of anilines is 2. The lowest BCUT2D eigenvalue weighted by Crippen LogP contribution is -2.30. The first-order chi connectivity index (χ1) is 12.7. The molecule has 7 nitrogen and oxygen atoms in total. The molecule has 0 amide bonds. The Morgan fingerprint density at radius 3 is 2.67 bits per heavy atom. The van der Waals surface area contributed by atoms with Gasteiger partial charge in [0.15, 0.2) is 17.5 Å². The fraction of sp³-hybridized carbons (Fsp3) is 0.368. The van der Waals surface area contributed by atoms with Gasteiger partial charge in [0.2, 0.25) is 0 Å². The van der Waals surface area contributed by atoms with E-state index in [1.165, 1.54) is 0 Å². The summed E-state index contributed by atoms with van der Waals surface area (Å²) in [5.74, 6) is 3.15. The van der Waals surface area contributed by atoms with Crippen LogP contribution in [0.1, 0.15) is 12.0 Å². The lowest BCUT2D eigenvalue weighted by Gasteiger charge is -2.15. The fourth-order valence-corrected chi connectivity index (χ4v) is 2.56. The Kier molecular flexibility index (Phi) is 7.96. The quantitative estimate of drug-likeness (QED) is 0.396. The average Bonchev–Trinajstić information content (AvgIpc) is 2.90. The Labute approximate surface area is 177 Å². The van der Waals surface area contributed by atoms with Crippen molar-refractivity contribution in [3.05, 3.63) is 42.1 Å². The first-order valence-corrected chi connectivity index (χ1v) is 8.65. The van der Waals surface area contributed by atoms with Crippen molar-refractivity contribution in [3.63, 3.8) is 0 Å². The standard InChI is InChI=1S/C19H25N5O2.HI/c1-20-19(22-13-14-7-8-21-18(11-14)24(2)3)23-15-5-6-16-17(12-15)26-10-4-9-25-16;/h5-8,11-12H,4,9-10,13H2,1-3H3,(H2,20,22,23);1H. The number of guanidine groups is 1. The zero-order valence-corrected chi connectivity index (χ0v) is 18.2. The number of aromatic nitrogens is 1. The van der Waals surface area contributed by atoms with E-state index in [9.17, 15) is 0 Å². The van der Waals surface area contributed by atoms with Gasteiger partial charge in [0.05, 0.1) is 13.2 Å². The molecule has 1 aromatic carbocycles. The maximum absolute atomic E-state index is 5.73. The van der Waals surface area contributed by atoms with Crippen LogP contribution in [0.5, 0.6) is 11.5 Å². The van der Waals surface area contributed by atoms with Crippen molar-refractivity contribution in [1.82, 2.24) is 10.3 Å². The van der Waals surface area contributed by atoms with Gasteiger partial charge in [0.1, 0.15) is 5.82 Å². The molecule has 2 N–H and O–H groups in total. The number of aliphatic imine (C=N–C) groups is 1. The topological polar surface area (TPSA) is 71.0 Å². The minimum atomic E-state index is 0. The van der Waals surface area contributed by atoms with Crippen LogP contribution < -0.4 is 25.0 Å². The Bertz CT molecular complexity index is 782. The summed E-state index contributed by atoms with van der Waals surface area (Å²) in [6.07, 6.45) is 2.70. The Morgan fingerprint density at radius 1 is 1.15 bits per heavy atom. The molecule has 2 heterocycles. The van der Waals surface area contributed by atoms with Crippen LogP contribution in [0.25, 0.3) is 0 Å². The highest BCUT2D eigenvalue weighted by Gasteiger charge is 2.11. The number of hydrogen-bond acceptors (Lipinski definition) is 5. The average molecular weight is 483 g/mol. The van der Waals surface area contributed by atoms with Gasteiger partial charge in [-0.25, -0.2) is 4.98 Å². The van der Waals surface area contributed by atoms with Crippen LogP contribution in [0, 0.1) is 0 Å². The Balaban J connectivity index is 0.00000261. The number of fused-ring (bicyclic) bond motifs is 1. The van der Waals surface area contributed by atoms with Gasteiger partial charge in [-0.05, 0) is 29.8 Å². The number of nitrogens with one attached hydrogen (secondary N) is 2. The lowest BCUT2D eigenvalue weighted by molar-refractivity contribution is 0.297. The van der Waals surface area contributed by atoms with Crippen molar-refractivity contribution in [3.8, 4) is 11.5 Å². The van der Waals surface area contributed by atoms with Crippen molar-refractivity contribution < 1.29 is 9.47 Å². The molecule has 1 aromatic heterocycles. The third-order valence-corrected chi connectivity index (χ3v) is 3.96. The molecule has 3 rings (SSSR count). The van der Waals surface area contributed by atoms with E-state index < -0.39 is 0 Å². The molecular formula is C19H26IN5O2. The summed E-state index contributed by atoms with van der Waals surface area (Å²) in [7, 11) is 5.70. The molecule has 0 saturated heterocycles. The third-order valence-electron chi connectivity index (χ3n) is 3.96. The van der Waals surface area contributed by atoms with Gasteiger partial charge in [-0.3, -0.25) is 4.99 Å². The molecule has 0 fully saturated rings. The first-order valence-electron chi connectivity index (χ1n) is 8.65. The van der Waals surface area contributed by atoms with E-state index in [1.54, 1.807) is 7.05 Å². The van der Waals surface area contributed by atoms with Crippen LogP contribution in [0.2, 0.25) is 0 Å². The number of ether oxygens (including phenoxy) is 2. The predicted molar refractivity (Wildman–Crippen MR) is 120 cm³/mol. The molecule has 0 aliphatic carbocycles. The van der Waals surface area contributed by atoms with Crippen LogP contribution in [0.3, 0.4) is 0 Å². The van der Waals surface area contributed by atoms with E-state index in [2.05, 4.69) is 20.6 Å². The molecule has 27 heavy (non-hydrogen) atoms. The summed E-state index contributed by atoms with van der Waals surface area (Å²) >= 11 is 0. The normalized spacial score (nSPS) is 13.2. The summed E-state index contributed by atoms with van der Waals surface area (Å²) in [6.45, 7) is 2.00.